The van der Waals surface area contributed by atoms with Crippen molar-refractivity contribution in [1.29, 1.82) is 5.26 Å². The number of carbonyl (C=O) groups excluding carboxylic acids is 1. The van der Waals surface area contributed by atoms with E-state index in [0.717, 1.165) is 12.1 Å². The summed E-state index contributed by atoms with van der Waals surface area (Å²) in [4.78, 5) is 10.6. The number of halogens is 3. The zero-order valence-corrected chi connectivity index (χ0v) is 10.5. The van der Waals surface area contributed by atoms with E-state index >= 15 is 0 Å². The van der Waals surface area contributed by atoms with Gasteiger partial charge in [-0.05, 0) is 36.4 Å². The average molecular weight is 291 g/mol. The predicted molar refractivity (Wildman–Crippen MR) is 68.1 cm³/mol. The zero-order chi connectivity index (χ0) is 15.5. The van der Waals surface area contributed by atoms with E-state index in [2.05, 4.69) is 0 Å². The predicted octanol–water partition coefficient (Wildman–Crippen LogP) is 4.18. The van der Waals surface area contributed by atoms with E-state index < -0.39 is 11.7 Å². The molecule has 0 saturated carbocycles. The van der Waals surface area contributed by atoms with Gasteiger partial charge in [-0.3, -0.25) is 4.79 Å². The molecule has 0 spiro atoms. The fraction of sp³-hybridized carbons (Fsp3) is 0.0667. The van der Waals surface area contributed by atoms with Gasteiger partial charge < -0.3 is 4.74 Å². The van der Waals surface area contributed by atoms with Gasteiger partial charge in [-0.2, -0.15) is 18.4 Å². The van der Waals surface area contributed by atoms with Crippen molar-refractivity contribution in [3.8, 4) is 17.6 Å². The topological polar surface area (TPSA) is 50.1 Å². The summed E-state index contributed by atoms with van der Waals surface area (Å²) in [5, 5.41) is 8.97. The first-order valence-electron chi connectivity index (χ1n) is 5.78. The van der Waals surface area contributed by atoms with Gasteiger partial charge in [0.25, 0.3) is 0 Å². The zero-order valence-electron chi connectivity index (χ0n) is 10.5. The molecule has 2 rings (SSSR count). The maximum atomic E-state index is 12.6. The van der Waals surface area contributed by atoms with Gasteiger partial charge in [0.2, 0.25) is 0 Å². The Hall–Kier alpha value is -2.81. The fourth-order valence-electron chi connectivity index (χ4n) is 1.66. The molecule has 0 aliphatic heterocycles. The summed E-state index contributed by atoms with van der Waals surface area (Å²) in [5.74, 6) is 0.0441. The number of alkyl halides is 3. The first-order chi connectivity index (χ1) is 9.94. The van der Waals surface area contributed by atoms with Gasteiger partial charge in [0, 0.05) is 5.56 Å². The maximum absolute atomic E-state index is 12.6. The van der Waals surface area contributed by atoms with E-state index in [1.54, 1.807) is 0 Å². The molecule has 0 radical (unpaired) electrons. The van der Waals surface area contributed by atoms with Gasteiger partial charge in [-0.25, -0.2) is 0 Å². The molecule has 0 bridgehead atoms. The molecule has 0 N–H and O–H groups in total. The molecular formula is C15H8F3NO2. The van der Waals surface area contributed by atoms with Crippen LogP contribution in [0.3, 0.4) is 0 Å². The molecule has 0 unspecified atom stereocenters. The van der Waals surface area contributed by atoms with E-state index in [0.29, 0.717) is 6.29 Å². The van der Waals surface area contributed by atoms with Gasteiger partial charge >= 0.3 is 6.18 Å². The molecule has 0 heterocycles. The Labute approximate surface area is 118 Å². The summed E-state index contributed by atoms with van der Waals surface area (Å²) in [5.41, 5.74) is -0.497. The van der Waals surface area contributed by atoms with Crippen molar-refractivity contribution in [3.05, 3.63) is 59.2 Å². The molecule has 0 fully saturated rings. The summed E-state index contributed by atoms with van der Waals surface area (Å²) >= 11 is 0. The van der Waals surface area contributed by atoms with Gasteiger partial charge in [0.05, 0.1) is 11.1 Å². The Balaban J connectivity index is 2.35. The van der Waals surface area contributed by atoms with Gasteiger partial charge in [0.15, 0.2) is 0 Å². The molecule has 21 heavy (non-hydrogen) atoms. The quantitative estimate of drug-likeness (QED) is 0.797. The van der Waals surface area contributed by atoms with Crippen LogP contribution >= 0.6 is 0 Å². The fourth-order valence-corrected chi connectivity index (χ4v) is 1.66. The van der Waals surface area contributed by atoms with E-state index in [4.69, 9.17) is 10.00 Å². The van der Waals surface area contributed by atoms with Crippen LogP contribution in [0.1, 0.15) is 21.5 Å². The SMILES string of the molecule is N#Cc1cc(C=O)ccc1Oc1cccc(C(F)(F)F)c1. The molecule has 0 aromatic heterocycles. The number of hydrogen-bond acceptors (Lipinski definition) is 3. The molecule has 2 aromatic rings. The third-order valence-electron chi connectivity index (χ3n) is 2.65. The number of ether oxygens (including phenoxy) is 1. The Morgan fingerprint density at radius 2 is 1.90 bits per heavy atom. The molecule has 0 atom stereocenters. The van der Waals surface area contributed by atoms with Crippen molar-refractivity contribution in [2.24, 2.45) is 0 Å². The molecule has 0 amide bonds. The van der Waals surface area contributed by atoms with Crippen LogP contribution < -0.4 is 4.74 Å². The number of hydrogen-bond donors (Lipinski definition) is 0. The van der Waals surface area contributed by atoms with Crippen molar-refractivity contribution in [2.75, 3.05) is 0 Å². The molecule has 106 valence electrons. The third-order valence-corrected chi connectivity index (χ3v) is 2.65. The normalized spacial score (nSPS) is 10.8. The van der Waals surface area contributed by atoms with Crippen LogP contribution in [0.4, 0.5) is 13.2 Å². The first kappa shape index (κ1) is 14.6. The molecule has 3 nitrogen and oxygen atoms in total. The largest absolute Gasteiger partial charge is 0.456 e. The standard InChI is InChI=1S/C15H8F3NO2/c16-15(17,18)12-2-1-3-13(7-12)21-14-5-4-10(9-20)6-11(14)8-19/h1-7,9H. The van der Waals surface area contributed by atoms with Crippen molar-refractivity contribution in [2.45, 2.75) is 6.18 Å². The molecule has 0 aliphatic rings. The number of nitriles is 1. The second-order valence-corrected chi connectivity index (χ2v) is 4.11. The van der Waals surface area contributed by atoms with Crippen molar-refractivity contribution >= 4 is 6.29 Å². The van der Waals surface area contributed by atoms with E-state index in [-0.39, 0.29) is 22.6 Å². The molecule has 6 heteroatoms. The Morgan fingerprint density at radius 1 is 1.14 bits per heavy atom. The van der Waals surface area contributed by atoms with E-state index in [1.807, 2.05) is 6.07 Å². The van der Waals surface area contributed by atoms with E-state index in [9.17, 15) is 18.0 Å². The highest BCUT2D eigenvalue weighted by molar-refractivity contribution is 5.76. The van der Waals surface area contributed by atoms with Crippen LogP contribution in [0.5, 0.6) is 11.5 Å². The third kappa shape index (κ3) is 3.39. The Morgan fingerprint density at radius 3 is 2.52 bits per heavy atom. The summed E-state index contributed by atoms with van der Waals surface area (Å²) in [6, 6.07) is 10.2. The Bertz CT molecular complexity index is 718. The van der Waals surface area contributed by atoms with Gasteiger partial charge in [-0.1, -0.05) is 6.07 Å². The summed E-state index contributed by atoms with van der Waals surface area (Å²) < 4.78 is 43.1. The Kier molecular flexibility index (Phi) is 3.94. The molecule has 0 saturated heterocycles. The van der Waals surface area contributed by atoms with Crippen LogP contribution in [-0.2, 0) is 6.18 Å². The van der Waals surface area contributed by atoms with Crippen molar-refractivity contribution in [3.63, 3.8) is 0 Å². The minimum absolute atomic E-state index is 0.0415. The van der Waals surface area contributed by atoms with E-state index in [1.165, 1.54) is 30.3 Å². The second kappa shape index (κ2) is 5.67. The number of benzene rings is 2. The highest BCUT2D eigenvalue weighted by Crippen LogP contribution is 2.33. The number of rotatable bonds is 3. The smallest absolute Gasteiger partial charge is 0.416 e. The van der Waals surface area contributed by atoms with Crippen LogP contribution in [0, 0.1) is 11.3 Å². The minimum Gasteiger partial charge on any atom is -0.456 e. The van der Waals surface area contributed by atoms with Crippen molar-refractivity contribution < 1.29 is 22.7 Å². The highest BCUT2D eigenvalue weighted by Gasteiger charge is 2.30. The summed E-state index contributed by atoms with van der Waals surface area (Å²) in [7, 11) is 0. The number of carbonyl (C=O) groups is 1. The average Bonchev–Trinajstić information content (AvgIpc) is 2.47. The summed E-state index contributed by atoms with van der Waals surface area (Å²) in [6.07, 6.45) is -3.91. The molecular weight excluding hydrogens is 283 g/mol. The monoisotopic (exact) mass is 291 g/mol. The lowest BCUT2D eigenvalue weighted by atomic mass is 10.1. The van der Waals surface area contributed by atoms with Crippen LogP contribution in [0.25, 0.3) is 0 Å². The van der Waals surface area contributed by atoms with Crippen LogP contribution in [0.2, 0.25) is 0 Å². The lowest BCUT2D eigenvalue weighted by Gasteiger charge is -2.11. The van der Waals surface area contributed by atoms with Gasteiger partial charge in [-0.15, -0.1) is 0 Å². The van der Waals surface area contributed by atoms with Gasteiger partial charge in [0.1, 0.15) is 23.9 Å². The lowest BCUT2D eigenvalue weighted by molar-refractivity contribution is -0.137. The van der Waals surface area contributed by atoms with Crippen LogP contribution in [0.15, 0.2) is 42.5 Å². The van der Waals surface area contributed by atoms with Crippen LogP contribution in [-0.4, -0.2) is 6.29 Å². The summed E-state index contributed by atoms with van der Waals surface area (Å²) in [6.45, 7) is 0. The number of aldehydes is 1. The first-order valence-corrected chi connectivity index (χ1v) is 5.78. The molecule has 0 aliphatic carbocycles. The van der Waals surface area contributed by atoms with Crippen molar-refractivity contribution in [1.82, 2.24) is 0 Å². The minimum atomic E-state index is -4.47. The maximum Gasteiger partial charge on any atom is 0.416 e. The lowest BCUT2D eigenvalue weighted by Crippen LogP contribution is -2.04. The number of nitrogens with zero attached hydrogens (tertiary/aromatic N) is 1. The second-order valence-electron chi connectivity index (χ2n) is 4.11. The molecule has 2 aromatic carbocycles. The highest BCUT2D eigenvalue weighted by atomic mass is 19.4.